The van der Waals surface area contributed by atoms with Crippen LogP contribution in [0.5, 0.6) is 0 Å². The fourth-order valence-corrected chi connectivity index (χ4v) is 3.22. The molecule has 3 aromatic rings. The zero-order valence-corrected chi connectivity index (χ0v) is 17.1. The van der Waals surface area contributed by atoms with Gasteiger partial charge >= 0.3 is 0 Å². The number of aromatic nitrogens is 1. The summed E-state index contributed by atoms with van der Waals surface area (Å²) in [5.74, 6) is 0.631. The molecule has 2 heterocycles. The highest BCUT2D eigenvalue weighted by atomic mass is 35.5. The lowest BCUT2D eigenvalue weighted by atomic mass is 10.1. The first-order chi connectivity index (χ1) is 15.3. The lowest BCUT2D eigenvalue weighted by Gasteiger charge is -2.06. The summed E-state index contributed by atoms with van der Waals surface area (Å²) in [5.41, 5.74) is -1.68. The maximum absolute atomic E-state index is 12.2. The molecule has 162 valence electrons. The summed E-state index contributed by atoms with van der Waals surface area (Å²) in [6, 6.07) is 8.90. The maximum Gasteiger partial charge on any atom is 0.299 e. The van der Waals surface area contributed by atoms with Gasteiger partial charge in [0.25, 0.3) is 16.9 Å². The van der Waals surface area contributed by atoms with Crippen molar-refractivity contribution >= 4 is 35.1 Å². The molecule has 0 bridgehead atoms. The molecule has 11 nitrogen and oxygen atoms in total. The van der Waals surface area contributed by atoms with Gasteiger partial charge in [-0.25, -0.2) is 0 Å². The second-order valence-corrected chi connectivity index (χ2v) is 6.74. The highest BCUT2D eigenvalue weighted by Gasteiger charge is 2.25. The van der Waals surface area contributed by atoms with Crippen LogP contribution in [0.2, 0.25) is 5.02 Å². The number of aromatic amines is 1. The van der Waals surface area contributed by atoms with Crippen LogP contribution in [0.15, 0.2) is 39.5 Å². The summed E-state index contributed by atoms with van der Waals surface area (Å²) in [6.07, 6.45) is 2.66. The summed E-state index contributed by atoms with van der Waals surface area (Å²) in [5, 5.41) is 31.6. The summed E-state index contributed by atoms with van der Waals surface area (Å²) in [7, 11) is 1.29. The van der Waals surface area contributed by atoms with Crippen molar-refractivity contribution in [2.24, 2.45) is 0 Å². The fraction of sp³-hybridized carbons (Fsp3) is 0.100. The van der Waals surface area contributed by atoms with Crippen LogP contribution in [-0.4, -0.2) is 21.9 Å². The highest BCUT2D eigenvalue weighted by Crippen LogP contribution is 2.32. The average Bonchev–Trinajstić information content (AvgIpc) is 3.21. The molecule has 0 aliphatic heterocycles. The normalized spacial score (nSPS) is 10.9. The lowest BCUT2D eigenvalue weighted by Crippen LogP contribution is -2.18. The molecule has 2 aromatic heterocycles. The first-order valence-electron chi connectivity index (χ1n) is 8.81. The quantitative estimate of drug-likeness (QED) is 0.405. The highest BCUT2D eigenvalue weighted by molar-refractivity contribution is 6.32. The molecule has 1 N–H and O–H groups in total. The number of nitro benzene ring substituents is 1. The molecule has 0 aliphatic carbocycles. The molecule has 12 heteroatoms. The van der Waals surface area contributed by atoms with Crippen molar-refractivity contribution in [1.29, 1.82) is 5.26 Å². The molecule has 0 aliphatic rings. The Morgan fingerprint density at radius 2 is 1.97 bits per heavy atom. The summed E-state index contributed by atoms with van der Waals surface area (Å²) in [4.78, 5) is 35.7. The van der Waals surface area contributed by atoms with Gasteiger partial charge in [-0.1, -0.05) is 11.6 Å². The van der Waals surface area contributed by atoms with E-state index in [9.17, 15) is 30.3 Å². The van der Waals surface area contributed by atoms with Gasteiger partial charge in [0.2, 0.25) is 0 Å². The van der Waals surface area contributed by atoms with E-state index in [1.807, 2.05) is 0 Å². The number of rotatable bonds is 7. The van der Waals surface area contributed by atoms with E-state index in [4.69, 9.17) is 20.8 Å². The number of ether oxygens (including phenoxy) is 1. The van der Waals surface area contributed by atoms with Gasteiger partial charge in [0.05, 0.1) is 22.0 Å². The Balaban J connectivity index is 1.99. The first kappa shape index (κ1) is 22.4. The number of benzene rings is 1. The van der Waals surface area contributed by atoms with Crippen molar-refractivity contribution in [2.45, 2.75) is 6.61 Å². The Morgan fingerprint density at radius 3 is 2.56 bits per heavy atom. The molecule has 0 unspecified atom stereocenters. The SMILES string of the molecule is COCc1c([N+](=O)[O-])c(/C=C/c2ccc(-c3ccc([N+](=O)[O-])c(Cl)c3)o2)[nH]c(=O)c1C#N. The number of pyridine rings is 1. The van der Waals surface area contributed by atoms with Crippen LogP contribution in [0.4, 0.5) is 11.4 Å². The fourth-order valence-electron chi connectivity index (χ4n) is 2.97. The smallest absolute Gasteiger partial charge is 0.299 e. The van der Waals surface area contributed by atoms with Crippen molar-refractivity contribution in [2.75, 3.05) is 7.11 Å². The number of halogens is 1. The van der Waals surface area contributed by atoms with Crippen molar-refractivity contribution < 1.29 is 19.0 Å². The van der Waals surface area contributed by atoms with Crippen molar-refractivity contribution in [3.8, 4) is 17.4 Å². The Labute approximate surface area is 184 Å². The van der Waals surface area contributed by atoms with E-state index in [-0.39, 0.29) is 34.3 Å². The summed E-state index contributed by atoms with van der Waals surface area (Å²) < 4.78 is 10.6. The minimum Gasteiger partial charge on any atom is -0.457 e. The second-order valence-electron chi connectivity index (χ2n) is 6.33. The van der Waals surface area contributed by atoms with Crippen LogP contribution in [0, 0.1) is 31.6 Å². The predicted octanol–water partition coefficient (Wildman–Crippen LogP) is 4.29. The molecule has 32 heavy (non-hydrogen) atoms. The topological polar surface area (TPSA) is 165 Å². The van der Waals surface area contributed by atoms with Crippen LogP contribution in [0.3, 0.4) is 0 Å². The van der Waals surface area contributed by atoms with E-state index in [0.29, 0.717) is 11.3 Å². The molecular weight excluding hydrogens is 444 g/mol. The largest absolute Gasteiger partial charge is 0.457 e. The minimum atomic E-state index is -0.787. The molecular formula is C20H13ClN4O7. The van der Waals surface area contributed by atoms with Gasteiger partial charge in [-0.15, -0.1) is 0 Å². The van der Waals surface area contributed by atoms with Gasteiger partial charge in [0, 0.05) is 18.7 Å². The third kappa shape index (κ3) is 4.41. The van der Waals surface area contributed by atoms with E-state index < -0.39 is 26.7 Å². The number of nitriles is 1. The lowest BCUT2D eigenvalue weighted by molar-refractivity contribution is -0.386. The van der Waals surface area contributed by atoms with Gasteiger partial charge in [-0.05, 0) is 36.4 Å². The number of nitrogens with zero attached hydrogens (tertiary/aromatic N) is 3. The van der Waals surface area contributed by atoms with Crippen molar-refractivity contribution in [3.05, 3.63) is 88.5 Å². The average molecular weight is 457 g/mol. The van der Waals surface area contributed by atoms with Gasteiger partial charge < -0.3 is 14.1 Å². The first-order valence-corrected chi connectivity index (χ1v) is 9.19. The zero-order chi connectivity index (χ0) is 23.4. The van der Waals surface area contributed by atoms with Crippen LogP contribution < -0.4 is 5.56 Å². The Bertz CT molecular complexity index is 1350. The number of furan rings is 1. The molecule has 0 atom stereocenters. The zero-order valence-electron chi connectivity index (χ0n) is 16.3. The molecule has 3 rings (SSSR count). The van der Waals surface area contributed by atoms with Crippen LogP contribution in [-0.2, 0) is 11.3 Å². The molecule has 0 saturated carbocycles. The van der Waals surface area contributed by atoms with Gasteiger partial charge in [-0.3, -0.25) is 25.0 Å². The Kier molecular flexibility index (Phi) is 6.48. The predicted molar refractivity (Wildman–Crippen MR) is 114 cm³/mol. The molecule has 0 saturated heterocycles. The number of hydrogen-bond donors (Lipinski definition) is 1. The molecule has 0 radical (unpaired) electrons. The van der Waals surface area contributed by atoms with Gasteiger partial charge in [0.1, 0.15) is 33.9 Å². The maximum atomic E-state index is 12.2. The monoisotopic (exact) mass is 456 g/mol. The number of hydrogen-bond acceptors (Lipinski definition) is 8. The van der Waals surface area contributed by atoms with E-state index in [1.165, 1.54) is 37.5 Å². The van der Waals surface area contributed by atoms with E-state index in [2.05, 4.69) is 4.98 Å². The van der Waals surface area contributed by atoms with Gasteiger partial charge in [-0.2, -0.15) is 5.26 Å². The minimum absolute atomic E-state index is 0.0579. The molecule has 0 spiro atoms. The number of H-pyrrole nitrogens is 1. The van der Waals surface area contributed by atoms with E-state index in [1.54, 1.807) is 18.2 Å². The number of methoxy groups -OCH3 is 1. The molecule has 0 amide bonds. The summed E-state index contributed by atoms with van der Waals surface area (Å²) in [6.45, 7) is -0.296. The number of nitro groups is 2. The van der Waals surface area contributed by atoms with E-state index >= 15 is 0 Å². The van der Waals surface area contributed by atoms with Crippen LogP contribution >= 0.6 is 11.6 Å². The summed E-state index contributed by atoms with van der Waals surface area (Å²) >= 11 is 5.92. The molecule has 0 fully saturated rings. The van der Waals surface area contributed by atoms with Crippen molar-refractivity contribution in [1.82, 2.24) is 4.98 Å². The van der Waals surface area contributed by atoms with Crippen LogP contribution in [0.1, 0.15) is 22.6 Å². The Morgan fingerprint density at radius 1 is 1.22 bits per heavy atom. The third-order valence-corrected chi connectivity index (χ3v) is 4.67. The third-order valence-electron chi connectivity index (χ3n) is 4.37. The standard InChI is InChI=1S/C20H13ClN4O7/c1-31-10-14-13(9-22)20(26)23-16(19(14)25(29)30)5-3-12-4-7-18(32-12)11-2-6-17(24(27)28)15(21)8-11/h2-8H,10H2,1H3,(H,23,26)/b5-3+. The van der Waals surface area contributed by atoms with Gasteiger partial charge in [0.15, 0.2) is 0 Å². The Hall–Kier alpha value is -4.27. The number of nitrogens with one attached hydrogen (secondary N) is 1. The second kappa shape index (κ2) is 9.25. The van der Waals surface area contributed by atoms with Crippen LogP contribution in [0.25, 0.3) is 23.5 Å². The van der Waals surface area contributed by atoms with Crippen molar-refractivity contribution in [3.63, 3.8) is 0 Å². The van der Waals surface area contributed by atoms with E-state index in [0.717, 1.165) is 0 Å². The molecule has 1 aromatic carbocycles.